The predicted molar refractivity (Wildman–Crippen MR) is 53.1 cm³/mol. The minimum absolute atomic E-state index is 0.0441. The first kappa shape index (κ1) is 12.8. The van der Waals surface area contributed by atoms with Gasteiger partial charge in [-0.1, -0.05) is 6.92 Å². The molecule has 1 heterocycles. The van der Waals surface area contributed by atoms with E-state index in [2.05, 4.69) is 10.3 Å². The van der Waals surface area contributed by atoms with Gasteiger partial charge in [0.2, 0.25) is 5.88 Å². The fourth-order valence-corrected chi connectivity index (χ4v) is 1.13. The highest BCUT2D eigenvalue weighted by molar-refractivity contribution is 5.26. The minimum Gasteiger partial charge on any atom is -0.471 e. The highest BCUT2D eigenvalue weighted by Crippen LogP contribution is 2.16. The Bertz CT molecular complexity index is 334. The first-order valence-electron chi connectivity index (χ1n) is 4.89. The number of aromatic nitrogens is 1. The summed E-state index contributed by atoms with van der Waals surface area (Å²) in [4.78, 5) is 3.63. The zero-order chi connectivity index (χ0) is 12.0. The molecule has 0 spiro atoms. The Kier molecular flexibility index (Phi) is 5.04. The maximum Gasteiger partial charge on any atom is 0.272 e. The van der Waals surface area contributed by atoms with Crippen molar-refractivity contribution >= 4 is 0 Å². The third kappa shape index (κ3) is 4.06. The Morgan fingerprint density at radius 1 is 1.50 bits per heavy atom. The molecule has 16 heavy (non-hydrogen) atoms. The van der Waals surface area contributed by atoms with Gasteiger partial charge in [-0.3, -0.25) is 0 Å². The van der Waals surface area contributed by atoms with E-state index in [0.29, 0.717) is 18.7 Å². The number of alkyl halides is 2. The normalized spacial score (nSPS) is 10.8. The largest absolute Gasteiger partial charge is 0.471 e. The van der Waals surface area contributed by atoms with Crippen LogP contribution >= 0.6 is 0 Å². The zero-order valence-electron chi connectivity index (χ0n) is 8.84. The lowest BCUT2D eigenvalue weighted by molar-refractivity contribution is 0.0789. The van der Waals surface area contributed by atoms with Crippen molar-refractivity contribution in [1.82, 2.24) is 10.3 Å². The standard InChI is InChI=1S/C10H13F3N2O/c1-2-14-4-7-3-8(11)5-15-10(7)16-6-9(12)13/h3,5,9,14H,2,4,6H2,1H3. The number of halogens is 3. The molecule has 0 saturated heterocycles. The number of rotatable bonds is 6. The molecule has 0 aliphatic heterocycles. The molecule has 1 N–H and O–H groups in total. The predicted octanol–water partition coefficient (Wildman–Crippen LogP) is 1.97. The maximum absolute atomic E-state index is 12.9. The number of pyridine rings is 1. The van der Waals surface area contributed by atoms with Crippen molar-refractivity contribution in [3.63, 3.8) is 0 Å². The van der Waals surface area contributed by atoms with E-state index < -0.39 is 18.8 Å². The molecule has 6 heteroatoms. The van der Waals surface area contributed by atoms with E-state index in [9.17, 15) is 13.2 Å². The lowest BCUT2D eigenvalue weighted by Crippen LogP contribution is -2.15. The highest BCUT2D eigenvalue weighted by Gasteiger charge is 2.10. The summed E-state index contributed by atoms with van der Waals surface area (Å²) < 4.78 is 41.5. The van der Waals surface area contributed by atoms with Gasteiger partial charge in [0, 0.05) is 12.1 Å². The van der Waals surface area contributed by atoms with Gasteiger partial charge in [-0.2, -0.15) is 0 Å². The van der Waals surface area contributed by atoms with Crippen molar-refractivity contribution in [2.24, 2.45) is 0 Å². The topological polar surface area (TPSA) is 34.2 Å². The highest BCUT2D eigenvalue weighted by atomic mass is 19.3. The average molecular weight is 234 g/mol. The van der Waals surface area contributed by atoms with Gasteiger partial charge in [-0.25, -0.2) is 18.2 Å². The van der Waals surface area contributed by atoms with Crippen molar-refractivity contribution in [3.8, 4) is 5.88 Å². The molecule has 0 fully saturated rings. The number of ether oxygens (including phenoxy) is 1. The van der Waals surface area contributed by atoms with Crippen molar-refractivity contribution in [2.75, 3.05) is 13.2 Å². The molecule has 0 aliphatic carbocycles. The quantitative estimate of drug-likeness (QED) is 0.817. The molecule has 0 saturated carbocycles. The molecule has 0 aliphatic rings. The van der Waals surface area contributed by atoms with E-state index in [1.165, 1.54) is 6.07 Å². The Labute approximate surface area is 91.6 Å². The van der Waals surface area contributed by atoms with Gasteiger partial charge in [0.1, 0.15) is 5.82 Å². The average Bonchev–Trinajstić information content (AvgIpc) is 2.24. The molecular weight excluding hydrogens is 221 g/mol. The Hall–Kier alpha value is -1.30. The molecule has 0 aromatic carbocycles. The van der Waals surface area contributed by atoms with Crippen LogP contribution in [0.15, 0.2) is 12.3 Å². The monoisotopic (exact) mass is 234 g/mol. The van der Waals surface area contributed by atoms with Gasteiger partial charge in [-0.05, 0) is 12.6 Å². The second kappa shape index (κ2) is 6.32. The van der Waals surface area contributed by atoms with E-state index in [4.69, 9.17) is 4.74 Å². The molecule has 0 radical (unpaired) electrons. The lowest BCUT2D eigenvalue weighted by atomic mass is 10.2. The molecule has 0 atom stereocenters. The molecular formula is C10H13F3N2O. The Balaban J connectivity index is 2.72. The van der Waals surface area contributed by atoms with Crippen molar-refractivity contribution < 1.29 is 17.9 Å². The SMILES string of the molecule is CCNCc1cc(F)cnc1OCC(F)F. The van der Waals surface area contributed by atoms with Crippen LogP contribution < -0.4 is 10.1 Å². The summed E-state index contributed by atoms with van der Waals surface area (Å²) in [6.45, 7) is 2.16. The van der Waals surface area contributed by atoms with Crippen molar-refractivity contribution in [2.45, 2.75) is 19.9 Å². The summed E-state index contributed by atoms with van der Waals surface area (Å²) in [5, 5.41) is 2.95. The van der Waals surface area contributed by atoms with Gasteiger partial charge >= 0.3 is 0 Å². The first-order chi connectivity index (χ1) is 7.63. The van der Waals surface area contributed by atoms with Crippen LogP contribution in [0.3, 0.4) is 0 Å². The van der Waals surface area contributed by atoms with Crippen LogP contribution in [-0.2, 0) is 6.54 Å². The van der Waals surface area contributed by atoms with Crippen LogP contribution in [0.1, 0.15) is 12.5 Å². The molecule has 90 valence electrons. The van der Waals surface area contributed by atoms with E-state index in [0.717, 1.165) is 6.20 Å². The Morgan fingerprint density at radius 3 is 2.88 bits per heavy atom. The van der Waals surface area contributed by atoms with Crippen molar-refractivity contribution in [3.05, 3.63) is 23.6 Å². The second-order valence-electron chi connectivity index (χ2n) is 3.10. The smallest absolute Gasteiger partial charge is 0.272 e. The molecule has 0 amide bonds. The number of nitrogens with one attached hydrogen (secondary N) is 1. The number of hydrogen-bond acceptors (Lipinski definition) is 3. The van der Waals surface area contributed by atoms with Crippen LogP contribution in [0, 0.1) is 5.82 Å². The second-order valence-corrected chi connectivity index (χ2v) is 3.10. The lowest BCUT2D eigenvalue weighted by Gasteiger charge is -2.10. The summed E-state index contributed by atoms with van der Waals surface area (Å²) in [6.07, 6.45) is -1.63. The number of hydrogen-bond donors (Lipinski definition) is 1. The van der Waals surface area contributed by atoms with Gasteiger partial charge in [-0.15, -0.1) is 0 Å². The Morgan fingerprint density at radius 2 is 2.25 bits per heavy atom. The molecule has 3 nitrogen and oxygen atoms in total. The molecule has 1 aromatic heterocycles. The van der Waals surface area contributed by atoms with Crippen LogP contribution in [-0.4, -0.2) is 24.6 Å². The fraction of sp³-hybridized carbons (Fsp3) is 0.500. The fourth-order valence-electron chi connectivity index (χ4n) is 1.13. The molecule has 0 unspecified atom stereocenters. The molecule has 0 bridgehead atoms. The summed E-state index contributed by atoms with van der Waals surface area (Å²) in [6, 6.07) is 1.22. The minimum atomic E-state index is -2.57. The van der Waals surface area contributed by atoms with E-state index >= 15 is 0 Å². The zero-order valence-corrected chi connectivity index (χ0v) is 8.84. The summed E-state index contributed by atoms with van der Waals surface area (Å²) in [5.41, 5.74) is 0.433. The summed E-state index contributed by atoms with van der Waals surface area (Å²) >= 11 is 0. The summed E-state index contributed by atoms with van der Waals surface area (Å²) in [5.74, 6) is -0.472. The van der Waals surface area contributed by atoms with Gasteiger partial charge in [0.25, 0.3) is 6.43 Å². The summed E-state index contributed by atoms with van der Waals surface area (Å²) in [7, 11) is 0. The molecule has 1 rings (SSSR count). The molecule has 1 aromatic rings. The number of nitrogens with zero attached hydrogens (tertiary/aromatic N) is 1. The van der Waals surface area contributed by atoms with Crippen LogP contribution in [0.5, 0.6) is 5.88 Å². The maximum atomic E-state index is 12.9. The van der Waals surface area contributed by atoms with Crippen LogP contribution in [0.4, 0.5) is 13.2 Å². The van der Waals surface area contributed by atoms with Crippen molar-refractivity contribution in [1.29, 1.82) is 0 Å². The third-order valence-corrected chi connectivity index (χ3v) is 1.80. The van der Waals surface area contributed by atoms with Gasteiger partial charge in [0.15, 0.2) is 6.61 Å². The van der Waals surface area contributed by atoms with E-state index in [-0.39, 0.29) is 5.88 Å². The van der Waals surface area contributed by atoms with E-state index in [1.807, 2.05) is 6.92 Å². The van der Waals surface area contributed by atoms with E-state index in [1.54, 1.807) is 0 Å². The van der Waals surface area contributed by atoms with Gasteiger partial charge in [0.05, 0.1) is 6.20 Å². The van der Waals surface area contributed by atoms with Gasteiger partial charge < -0.3 is 10.1 Å². The first-order valence-corrected chi connectivity index (χ1v) is 4.89. The van der Waals surface area contributed by atoms with Crippen LogP contribution in [0.2, 0.25) is 0 Å². The third-order valence-electron chi connectivity index (χ3n) is 1.80. The van der Waals surface area contributed by atoms with Crippen LogP contribution in [0.25, 0.3) is 0 Å².